The number of nitrogen functional groups attached to an aromatic ring is 1. The average molecular weight is 569 g/mol. The first-order valence-electron chi connectivity index (χ1n) is 13.7. The number of nitrogens with zero attached hydrogens (tertiary/aromatic N) is 1. The van der Waals surface area contributed by atoms with Crippen LogP contribution in [0.5, 0.6) is 17.2 Å². The van der Waals surface area contributed by atoms with Crippen LogP contribution in [0.4, 0.5) is 18.9 Å². The summed E-state index contributed by atoms with van der Waals surface area (Å²) in [5, 5.41) is 0.876. The zero-order valence-corrected chi connectivity index (χ0v) is 24.1. The Morgan fingerprint density at radius 2 is 1.88 bits per heavy atom. The minimum absolute atomic E-state index is 0.0806. The van der Waals surface area contributed by atoms with E-state index in [4.69, 9.17) is 15.2 Å². The Kier molecular flexibility index (Phi) is 8.02. The number of thiophene rings is 1. The Morgan fingerprint density at radius 1 is 1.10 bits per heavy atom. The number of fused-ring (bicyclic) bond motifs is 1. The fourth-order valence-electron chi connectivity index (χ4n) is 5.23. The number of anilines is 1. The van der Waals surface area contributed by atoms with Gasteiger partial charge in [-0.3, -0.25) is 9.29 Å². The topological polar surface area (TPSA) is 47.7 Å². The zero-order chi connectivity index (χ0) is 28.6. The highest BCUT2D eigenvalue weighted by atomic mass is 32.1. The first-order valence-corrected chi connectivity index (χ1v) is 14.5. The van der Waals surface area contributed by atoms with Crippen molar-refractivity contribution in [1.29, 1.82) is 0 Å². The number of hydrogen-bond acceptors (Lipinski definition) is 5. The van der Waals surface area contributed by atoms with E-state index >= 15 is 4.39 Å². The van der Waals surface area contributed by atoms with Gasteiger partial charge in [-0.2, -0.15) is 0 Å². The first-order chi connectivity index (χ1) is 19.1. The molecule has 8 heteroatoms. The summed E-state index contributed by atoms with van der Waals surface area (Å²) in [4.78, 5) is 2.90. The SMILES string of the molecule is CCc1c(N)ccc2c(Oc3ccc(OC4CN(CCCF)C4)cc3C)c(-c3ccc(F)cc3C(C)(C)F)sc12. The maximum absolute atomic E-state index is 15.3. The fourth-order valence-corrected chi connectivity index (χ4v) is 6.63. The van der Waals surface area contributed by atoms with E-state index < -0.39 is 11.5 Å². The van der Waals surface area contributed by atoms with Crippen LogP contribution < -0.4 is 15.2 Å². The van der Waals surface area contributed by atoms with Crippen molar-refractivity contribution in [3.8, 4) is 27.7 Å². The highest BCUT2D eigenvalue weighted by molar-refractivity contribution is 7.23. The van der Waals surface area contributed by atoms with E-state index in [9.17, 15) is 8.78 Å². The molecule has 0 amide bonds. The number of aryl methyl sites for hydroxylation is 2. The van der Waals surface area contributed by atoms with Crippen LogP contribution >= 0.6 is 11.3 Å². The van der Waals surface area contributed by atoms with E-state index in [0.29, 0.717) is 29.2 Å². The van der Waals surface area contributed by atoms with Crippen LogP contribution in [-0.2, 0) is 12.1 Å². The number of hydrogen-bond donors (Lipinski definition) is 1. The molecule has 3 aromatic carbocycles. The van der Waals surface area contributed by atoms with Crippen LogP contribution in [0.2, 0.25) is 0 Å². The lowest BCUT2D eigenvalue weighted by Crippen LogP contribution is -2.53. The Hall–Kier alpha value is -3.23. The van der Waals surface area contributed by atoms with Crippen molar-refractivity contribution < 1.29 is 22.6 Å². The highest BCUT2D eigenvalue weighted by Gasteiger charge is 2.29. The Morgan fingerprint density at radius 3 is 2.55 bits per heavy atom. The van der Waals surface area contributed by atoms with Gasteiger partial charge in [-0.15, -0.1) is 11.3 Å². The molecule has 40 heavy (non-hydrogen) atoms. The van der Waals surface area contributed by atoms with E-state index in [1.807, 2.05) is 44.2 Å². The van der Waals surface area contributed by atoms with Gasteiger partial charge in [0.2, 0.25) is 0 Å². The van der Waals surface area contributed by atoms with Crippen LogP contribution in [0, 0.1) is 12.7 Å². The molecule has 0 bridgehead atoms. The van der Waals surface area contributed by atoms with Crippen LogP contribution in [-0.4, -0.2) is 37.3 Å². The molecule has 1 fully saturated rings. The number of likely N-dealkylation sites (tertiary alicyclic amines) is 1. The third-order valence-electron chi connectivity index (χ3n) is 7.36. The molecule has 1 aliphatic heterocycles. The summed E-state index contributed by atoms with van der Waals surface area (Å²) in [5.41, 5.74) is 7.98. The van der Waals surface area contributed by atoms with Crippen LogP contribution in [0.3, 0.4) is 0 Å². The number of ether oxygens (including phenoxy) is 2. The Balaban J connectivity index is 1.51. The second kappa shape index (κ2) is 11.3. The summed E-state index contributed by atoms with van der Waals surface area (Å²) in [5.74, 6) is 1.49. The number of nitrogens with two attached hydrogens (primary N) is 1. The van der Waals surface area contributed by atoms with Gasteiger partial charge in [-0.25, -0.2) is 8.78 Å². The minimum Gasteiger partial charge on any atom is -0.488 e. The molecule has 5 rings (SSSR count). The van der Waals surface area contributed by atoms with Crippen LogP contribution in [0.25, 0.3) is 20.5 Å². The van der Waals surface area contributed by atoms with Crippen LogP contribution in [0.15, 0.2) is 48.5 Å². The lowest BCUT2D eigenvalue weighted by Gasteiger charge is -2.38. The summed E-state index contributed by atoms with van der Waals surface area (Å²) in [6, 6.07) is 13.7. The molecule has 4 nitrogen and oxygen atoms in total. The summed E-state index contributed by atoms with van der Waals surface area (Å²) in [7, 11) is 0. The van der Waals surface area contributed by atoms with E-state index in [0.717, 1.165) is 57.9 Å². The molecule has 0 saturated carbocycles. The third kappa shape index (κ3) is 5.65. The summed E-state index contributed by atoms with van der Waals surface area (Å²) in [6.45, 7) is 8.88. The normalized spacial score (nSPS) is 14.5. The van der Waals surface area contributed by atoms with Gasteiger partial charge in [0.1, 0.15) is 29.1 Å². The van der Waals surface area contributed by atoms with Gasteiger partial charge in [-0.1, -0.05) is 13.0 Å². The molecule has 0 atom stereocenters. The zero-order valence-electron chi connectivity index (χ0n) is 23.3. The Labute approximate surface area is 237 Å². The standard InChI is InChI=1S/C32H35F3N2O2S/c1-5-23-27(36)11-10-25-29(31(40-30(23)25)24-9-7-20(34)16-26(24)32(3,4)35)39-28-12-8-21(15-19(28)2)38-22-17-37(18-22)14-6-13-33/h7-12,15-16,22H,5-6,13-14,17-18,36H2,1-4H3. The monoisotopic (exact) mass is 568 g/mol. The summed E-state index contributed by atoms with van der Waals surface area (Å²) >= 11 is 1.48. The van der Waals surface area contributed by atoms with E-state index in [2.05, 4.69) is 4.90 Å². The van der Waals surface area contributed by atoms with Crippen molar-refractivity contribution in [3.63, 3.8) is 0 Å². The largest absolute Gasteiger partial charge is 0.488 e. The summed E-state index contributed by atoms with van der Waals surface area (Å²) < 4.78 is 55.7. The van der Waals surface area contributed by atoms with Crippen LogP contribution in [0.1, 0.15) is 43.9 Å². The van der Waals surface area contributed by atoms with Gasteiger partial charge in [0, 0.05) is 46.5 Å². The van der Waals surface area contributed by atoms with Crippen molar-refractivity contribution in [2.75, 3.05) is 32.0 Å². The molecular weight excluding hydrogens is 533 g/mol. The van der Waals surface area contributed by atoms with Crippen molar-refractivity contribution in [3.05, 3.63) is 71.0 Å². The number of rotatable bonds is 10. The molecule has 1 saturated heterocycles. The second-order valence-corrected chi connectivity index (χ2v) is 11.9. The number of benzene rings is 3. The predicted octanol–water partition coefficient (Wildman–Crippen LogP) is 8.58. The minimum atomic E-state index is -1.77. The first kappa shape index (κ1) is 28.3. The highest BCUT2D eigenvalue weighted by Crippen LogP contribution is 2.51. The molecule has 4 aromatic rings. The van der Waals surface area contributed by atoms with E-state index in [-0.39, 0.29) is 18.3 Å². The number of halogens is 3. The average Bonchev–Trinajstić information content (AvgIpc) is 3.24. The van der Waals surface area contributed by atoms with Crippen molar-refractivity contribution >= 4 is 27.1 Å². The molecule has 1 aliphatic rings. The van der Waals surface area contributed by atoms with E-state index in [1.165, 1.54) is 37.3 Å². The van der Waals surface area contributed by atoms with E-state index in [1.54, 1.807) is 6.07 Å². The molecule has 0 radical (unpaired) electrons. The van der Waals surface area contributed by atoms with Crippen molar-refractivity contribution in [2.24, 2.45) is 0 Å². The molecule has 0 spiro atoms. The molecular formula is C32H35F3N2O2S. The van der Waals surface area contributed by atoms with Crippen molar-refractivity contribution in [1.82, 2.24) is 4.90 Å². The molecule has 1 aromatic heterocycles. The van der Waals surface area contributed by atoms with Gasteiger partial charge in [0.05, 0.1) is 11.6 Å². The second-order valence-electron chi connectivity index (χ2n) is 10.9. The lowest BCUT2D eigenvalue weighted by atomic mass is 9.93. The molecule has 0 unspecified atom stereocenters. The van der Waals surface area contributed by atoms with Gasteiger partial charge in [0.15, 0.2) is 5.75 Å². The van der Waals surface area contributed by atoms with Gasteiger partial charge in [0.25, 0.3) is 0 Å². The molecule has 2 N–H and O–H groups in total. The fraction of sp³-hybridized carbons (Fsp3) is 0.375. The Bertz CT molecular complexity index is 1520. The molecule has 2 heterocycles. The smallest absolute Gasteiger partial charge is 0.153 e. The molecule has 212 valence electrons. The number of alkyl halides is 2. The van der Waals surface area contributed by atoms with Gasteiger partial charge >= 0.3 is 0 Å². The lowest BCUT2D eigenvalue weighted by molar-refractivity contribution is 0.0184. The van der Waals surface area contributed by atoms with Gasteiger partial charge in [-0.05, 0) is 87.2 Å². The maximum Gasteiger partial charge on any atom is 0.153 e. The maximum atomic E-state index is 15.3. The quantitative estimate of drug-likeness (QED) is 0.195. The van der Waals surface area contributed by atoms with Crippen molar-refractivity contribution in [2.45, 2.75) is 52.3 Å². The van der Waals surface area contributed by atoms with Gasteiger partial charge < -0.3 is 15.2 Å². The summed E-state index contributed by atoms with van der Waals surface area (Å²) in [6.07, 6.45) is 1.36. The molecule has 0 aliphatic carbocycles. The predicted molar refractivity (Wildman–Crippen MR) is 158 cm³/mol. The third-order valence-corrected chi connectivity index (χ3v) is 8.64.